The van der Waals surface area contributed by atoms with E-state index in [0.717, 1.165) is 0 Å². The number of para-hydroxylation sites is 1. The Morgan fingerprint density at radius 1 is 1.04 bits per heavy atom. The number of hydrazine groups is 1. The van der Waals surface area contributed by atoms with Gasteiger partial charge in [-0.3, -0.25) is 15.2 Å². The molecule has 0 aliphatic carbocycles. The van der Waals surface area contributed by atoms with Gasteiger partial charge in [0.1, 0.15) is 0 Å². The summed E-state index contributed by atoms with van der Waals surface area (Å²) in [5.74, 6) is -0.451. The highest BCUT2D eigenvalue weighted by Crippen LogP contribution is 2.29. The summed E-state index contributed by atoms with van der Waals surface area (Å²) in [6.07, 6.45) is 0.945. The molecule has 2 aromatic carbocycles. The number of benzene rings is 2. The third-order valence-electron chi connectivity index (χ3n) is 3.78. The highest BCUT2D eigenvalue weighted by molar-refractivity contribution is 6.40. The number of halogens is 2. The number of hydrogen-bond acceptors (Lipinski definition) is 5. The van der Waals surface area contributed by atoms with Gasteiger partial charge in [0.25, 0.3) is 5.91 Å². The van der Waals surface area contributed by atoms with E-state index in [1.54, 1.807) is 55.6 Å². The maximum Gasteiger partial charge on any atom is 0.425 e. The molecule has 0 unspecified atom stereocenters. The molecule has 9 heteroatoms. The third kappa shape index (κ3) is 4.27. The zero-order valence-electron chi connectivity index (χ0n) is 14.8. The second kappa shape index (κ2) is 8.77. The van der Waals surface area contributed by atoms with Gasteiger partial charge in [-0.15, -0.1) is 0 Å². The summed E-state index contributed by atoms with van der Waals surface area (Å²) in [4.78, 5) is 28.5. The Morgan fingerprint density at radius 3 is 2.46 bits per heavy atom. The summed E-state index contributed by atoms with van der Waals surface area (Å²) in [7, 11) is 0. The number of fused-ring (bicyclic) bond motifs is 1. The van der Waals surface area contributed by atoms with Crippen LogP contribution in [0.1, 0.15) is 17.3 Å². The van der Waals surface area contributed by atoms with Gasteiger partial charge in [-0.2, -0.15) is 0 Å². The third-order valence-corrected chi connectivity index (χ3v) is 4.41. The first-order valence-corrected chi connectivity index (χ1v) is 9.08. The monoisotopic (exact) mass is 418 g/mol. The van der Waals surface area contributed by atoms with Gasteiger partial charge in [0, 0.05) is 11.6 Å². The Kier molecular flexibility index (Phi) is 6.18. The van der Waals surface area contributed by atoms with Crippen LogP contribution in [0.15, 0.2) is 48.7 Å². The highest BCUT2D eigenvalue weighted by atomic mass is 35.5. The number of carbonyl (C=O) groups is 2. The first-order valence-electron chi connectivity index (χ1n) is 8.33. The minimum atomic E-state index is -0.606. The van der Waals surface area contributed by atoms with Crippen molar-refractivity contribution in [2.24, 2.45) is 0 Å². The van der Waals surface area contributed by atoms with E-state index < -0.39 is 12.0 Å². The summed E-state index contributed by atoms with van der Waals surface area (Å²) in [6.45, 7) is 1.97. The van der Waals surface area contributed by atoms with Crippen molar-refractivity contribution in [1.82, 2.24) is 10.4 Å². The number of aromatic nitrogens is 1. The summed E-state index contributed by atoms with van der Waals surface area (Å²) < 4.78 is 4.81. The van der Waals surface area contributed by atoms with Crippen LogP contribution in [-0.2, 0) is 4.74 Å². The molecule has 0 fully saturated rings. The predicted octanol–water partition coefficient (Wildman–Crippen LogP) is 4.87. The van der Waals surface area contributed by atoms with Crippen LogP contribution in [0, 0.1) is 0 Å². The molecule has 144 valence electrons. The quantitative estimate of drug-likeness (QED) is 0.514. The van der Waals surface area contributed by atoms with E-state index in [1.165, 1.54) is 0 Å². The maximum absolute atomic E-state index is 12.7. The zero-order valence-corrected chi connectivity index (χ0v) is 16.3. The molecule has 1 aromatic heterocycles. The molecule has 2 amide bonds. The molecule has 0 aliphatic rings. The van der Waals surface area contributed by atoms with Crippen molar-refractivity contribution < 1.29 is 14.3 Å². The van der Waals surface area contributed by atoms with E-state index in [2.05, 4.69) is 21.2 Å². The highest BCUT2D eigenvalue weighted by Gasteiger charge is 2.16. The molecule has 0 radical (unpaired) electrons. The lowest BCUT2D eigenvalue weighted by molar-refractivity contribution is 0.102. The number of hydrogen-bond donors (Lipinski definition) is 3. The van der Waals surface area contributed by atoms with Gasteiger partial charge in [-0.05, 0) is 31.2 Å². The molecule has 3 aromatic rings. The van der Waals surface area contributed by atoms with Gasteiger partial charge in [0.2, 0.25) is 0 Å². The van der Waals surface area contributed by atoms with Gasteiger partial charge in [-0.25, -0.2) is 10.2 Å². The molecular weight excluding hydrogens is 403 g/mol. The Balaban J connectivity index is 1.90. The van der Waals surface area contributed by atoms with Crippen LogP contribution in [0.2, 0.25) is 10.0 Å². The molecule has 0 bridgehead atoms. The van der Waals surface area contributed by atoms with E-state index >= 15 is 0 Å². The van der Waals surface area contributed by atoms with Crippen molar-refractivity contribution in [3.63, 3.8) is 0 Å². The Morgan fingerprint density at radius 2 is 1.75 bits per heavy atom. The Hall–Kier alpha value is -3.03. The van der Waals surface area contributed by atoms with Crippen LogP contribution in [-0.4, -0.2) is 23.6 Å². The van der Waals surface area contributed by atoms with Crippen molar-refractivity contribution in [2.45, 2.75) is 6.92 Å². The fourth-order valence-corrected chi connectivity index (χ4v) is 3.14. The molecule has 0 aliphatic heterocycles. The molecule has 1 heterocycles. The molecule has 3 rings (SSSR count). The first-order chi connectivity index (χ1) is 13.5. The average molecular weight is 419 g/mol. The van der Waals surface area contributed by atoms with Gasteiger partial charge in [-0.1, -0.05) is 41.4 Å². The fourth-order valence-electron chi connectivity index (χ4n) is 2.57. The minimum absolute atomic E-state index is 0.182. The van der Waals surface area contributed by atoms with E-state index in [9.17, 15) is 9.59 Å². The van der Waals surface area contributed by atoms with E-state index in [1.807, 2.05) is 0 Å². The van der Waals surface area contributed by atoms with Crippen molar-refractivity contribution >= 4 is 57.5 Å². The first kappa shape index (κ1) is 19.7. The summed E-state index contributed by atoms with van der Waals surface area (Å²) in [5.41, 5.74) is 6.98. The number of anilines is 2. The molecule has 7 nitrogen and oxygen atoms in total. The van der Waals surface area contributed by atoms with Crippen LogP contribution in [0.25, 0.3) is 10.9 Å². The minimum Gasteiger partial charge on any atom is -0.449 e. The summed E-state index contributed by atoms with van der Waals surface area (Å²) in [6, 6.07) is 11.8. The Bertz CT molecular complexity index is 1020. The van der Waals surface area contributed by atoms with Crippen LogP contribution >= 0.6 is 23.2 Å². The van der Waals surface area contributed by atoms with Gasteiger partial charge >= 0.3 is 6.09 Å². The number of nitrogens with one attached hydrogen (secondary N) is 3. The number of nitrogens with zero attached hydrogens (tertiary/aromatic N) is 1. The molecular formula is C19H16Cl2N4O3. The zero-order chi connectivity index (χ0) is 20.1. The van der Waals surface area contributed by atoms with E-state index in [-0.39, 0.29) is 22.2 Å². The molecule has 3 N–H and O–H groups in total. The predicted molar refractivity (Wildman–Crippen MR) is 110 cm³/mol. The lowest BCUT2D eigenvalue weighted by atomic mass is 10.1. The fraction of sp³-hybridized carbons (Fsp3) is 0.105. The number of ether oxygens (including phenoxy) is 1. The standard InChI is InChI=1S/C19H16Cl2N4O3/c1-2-28-19(27)25-24-14-9-10-22-17-11(14)5-3-8-15(17)23-18(26)16-12(20)6-4-7-13(16)21/h3-10H,2H2,1H3,(H,22,24)(H,23,26)(H,25,27). The van der Waals surface area contributed by atoms with Gasteiger partial charge in [0.05, 0.1) is 39.1 Å². The molecule has 28 heavy (non-hydrogen) atoms. The average Bonchev–Trinajstić information content (AvgIpc) is 2.67. The topological polar surface area (TPSA) is 92.3 Å². The van der Waals surface area contributed by atoms with Crippen molar-refractivity contribution in [1.29, 1.82) is 0 Å². The van der Waals surface area contributed by atoms with Gasteiger partial charge in [0.15, 0.2) is 0 Å². The van der Waals surface area contributed by atoms with Crippen LogP contribution < -0.4 is 16.2 Å². The maximum atomic E-state index is 12.7. The number of amides is 2. The van der Waals surface area contributed by atoms with Crippen molar-refractivity contribution in [3.05, 3.63) is 64.3 Å². The van der Waals surface area contributed by atoms with Crippen LogP contribution in [0.4, 0.5) is 16.2 Å². The second-order valence-electron chi connectivity index (χ2n) is 5.58. The van der Waals surface area contributed by atoms with Gasteiger partial charge < -0.3 is 10.1 Å². The second-order valence-corrected chi connectivity index (χ2v) is 6.40. The number of pyridine rings is 1. The lowest BCUT2D eigenvalue weighted by Crippen LogP contribution is -2.30. The van der Waals surface area contributed by atoms with E-state index in [4.69, 9.17) is 27.9 Å². The Labute approximate surface area is 171 Å². The largest absolute Gasteiger partial charge is 0.449 e. The summed E-state index contributed by atoms with van der Waals surface area (Å²) >= 11 is 12.2. The molecule has 0 saturated heterocycles. The normalized spacial score (nSPS) is 10.4. The van der Waals surface area contributed by atoms with E-state index in [0.29, 0.717) is 22.3 Å². The van der Waals surface area contributed by atoms with Crippen LogP contribution in [0.3, 0.4) is 0 Å². The lowest BCUT2D eigenvalue weighted by Gasteiger charge is -2.13. The van der Waals surface area contributed by atoms with Crippen LogP contribution in [0.5, 0.6) is 0 Å². The molecule has 0 spiro atoms. The SMILES string of the molecule is CCOC(=O)NNc1ccnc2c(NC(=O)c3c(Cl)cccc3Cl)cccc12. The number of carbonyl (C=O) groups excluding carboxylic acids is 2. The van der Waals surface area contributed by atoms with Crippen molar-refractivity contribution in [2.75, 3.05) is 17.3 Å². The number of rotatable bonds is 5. The smallest absolute Gasteiger partial charge is 0.425 e. The van der Waals surface area contributed by atoms with Crippen molar-refractivity contribution in [3.8, 4) is 0 Å². The molecule has 0 atom stereocenters. The molecule has 0 saturated carbocycles. The summed E-state index contributed by atoms with van der Waals surface area (Å²) in [5, 5.41) is 3.97.